The van der Waals surface area contributed by atoms with Gasteiger partial charge in [-0.05, 0) is 57.0 Å². The molecule has 1 atom stereocenters. The van der Waals surface area contributed by atoms with Gasteiger partial charge in [-0.15, -0.1) is 0 Å². The van der Waals surface area contributed by atoms with Crippen molar-refractivity contribution in [2.24, 2.45) is 0 Å². The van der Waals surface area contributed by atoms with E-state index in [9.17, 15) is 9.90 Å². The van der Waals surface area contributed by atoms with E-state index in [-0.39, 0.29) is 24.6 Å². The number of carbonyl (C=O) groups excluding carboxylic acids is 1. The number of aliphatic hydroxyl groups excluding tert-OH is 1. The van der Waals surface area contributed by atoms with Gasteiger partial charge in [0.05, 0.1) is 6.61 Å². The molecule has 2 aromatic carbocycles. The minimum absolute atomic E-state index is 0.113. The molecular formula is C22H26N4O2. The molecule has 2 N–H and O–H groups in total. The Labute approximate surface area is 165 Å². The van der Waals surface area contributed by atoms with Gasteiger partial charge < -0.3 is 10.4 Å². The second-order valence-electron chi connectivity index (χ2n) is 7.34. The average molecular weight is 378 g/mol. The molecule has 0 saturated heterocycles. The van der Waals surface area contributed by atoms with Crippen LogP contribution in [0, 0.1) is 6.92 Å². The van der Waals surface area contributed by atoms with Gasteiger partial charge in [0, 0.05) is 23.2 Å². The van der Waals surface area contributed by atoms with Crippen LogP contribution in [0.2, 0.25) is 0 Å². The van der Waals surface area contributed by atoms with Crippen LogP contribution >= 0.6 is 0 Å². The third-order valence-corrected chi connectivity index (χ3v) is 4.55. The number of aryl methyl sites for hydroxylation is 1. The van der Waals surface area contributed by atoms with Crippen LogP contribution in [0.1, 0.15) is 42.7 Å². The number of aliphatic hydroxyl groups is 1. The molecule has 0 fully saturated rings. The lowest BCUT2D eigenvalue weighted by molar-refractivity contribution is 0.0922. The van der Waals surface area contributed by atoms with E-state index in [0.29, 0.717) is 11.4 Å². The van der Waals surface area contributed by atoms with Crippen molar-refractivity contribution in [3.8, 4) is 22.5 Å². The normalized spacial score (nSPS) is 12.2. The van der Waals surface area contributed by atoms with Crippen LogP contribution in [0.5, 0.6) is 0 Å². The van der Waals surface area contributed by atoms with Crippen LogP contribution in [0.15, 0.2) is 48.8 Å². The molecule has 0 bridgehead atoms. The van der Waals surface area contributed by atoms with Crippen LogP contribution in [0.4, 0.5) is 0 Å². The summed E-state index contributed by atoms with van der Waals surface area (Å²) in [6, 6.07) is 13.7. The van der Waals surface area contributed by atoms with Gasteiger partial charge in [0.2, 0.25) is 0 Å². The van der Waals surface area contributed by atoms with Crippen molar-refractivity contribution in [2.45, 2.75) is 39.8 Å². The fourth-order valence-corrected chi connectivity index (χ4v) is 2.99. The Morgan fingerprint density at radius 3 is 2.39 bits per heavy atom. The molecule has 0 saturated carbocycles. The predicted octanol–water partition coefficient (Wildman–Crippen LogP) is 3.61. The number of aromatic nitrogens is 3. The highest BCUT2D eigenvalue weighted by Gasteiger charge is 2.16. The van der Waals surface area contributed by atoms with E-state index in [1.807, 2.05) is 67.9 Å². The molecule has 0 aliphatic heterocycles. The van der Waals surface area contributed by atoms with E-state index in [2.05, 4.69) is 15.4 Å². The SMILES string of the molecule is Cc1ccc(-c2cc(C(=O)N[C@@H](C)CO)cc(-c3ncnn3C(C)C)c2)cc1. The first-order chi connectivity index (χ1) is 13.4. The number of benzene rings is 2. The molecular weight excluding hydrogens is 352 g/mol. The Bertz CT molecular complexity index is 961. The minimum atomic E-state index is -0.321. The lowest BCUT2D eigenvalue weighted by Crippen LogP contribution is -2.35. The average Bonchev–Trinajstić information content (AvgIpc) is 3.18. The van der Waals surface area contributed by atoms with Gasteiger partial charge in [-0.3, -0.25) is 4.79 Å². The lowest BCUT2D eigenvalue weighted by atomic mass is 9.98. The summed E-state index contributed by atoms with van der Waals surface area (Å²) in [4.78, 5) is 17.1. The fraction of sp³-hybridized carbons (Fsp3) is 0.318. The number of amides is 1. The third-order valence-electron chi connectivity index (χ3n) is 4.55. The molecule has 146 valence electrons. The number of carbonyl (C=O) groups is 1. The number of hydrogen-bond acceptors (Lipinski definition) is 4. The van der Waals surface area contributed by atoms with Crippen LogP contribution in [-0.4, -0.2) is 38.4 Å². The zero-order chi connectivity index (χ0) is 20.3. The van der Waals surface area contributed by atoms with Crippen molar-refractivity contribution in [1.82, 2.24) is 20.1 Å². The number of hydrogen-bond donors (Lipinski definition) is 2. The summed E-state index contributed by atoms with van der Waals surface area (Å²) in [5.41, 5.74) is 4.47. The summed E-state index contributed by atoms with van der Waals surface area (Å²) in [5, 5.41) is 16.4. The second kappa shape index (κ2) is 8.35. The summed E-state index contributed by atoms with van der Waals surface area (Å²) in [6.07, 6.45) is 1.53. The topological polar surface area (TPSA) is 80.0 Å². The smallest absolute Gasteiger partial charge is 0.251 e. The molecule has 1 amide bonds. The molecule has 6 heteroatoms. The maximum Gasteiger partial charge on any atom is 0.251 e. The highest BCUT2D eigenvalue weighted by atomic mass is 16.3. The highest BCUT2D eigenvalue weighted by Crippen LogP contribution is 2.28. The Balaban J connectivity index is 2.12. The van der Waals surface area contributed by atoms with Crippen molar-refractivity contribution < 1.29 is 9.90 Å². The summed E-state index contributed by atoms with van der Waals surface area (Å²) in [7, 11) is 0. The first kappa shape index (κ1) is 19.8. The summed E-state index contributed by atoms with van der Waals surface area (Å²) >= 11 is 0. The van der Waals surface area contributed by atoms with Crippen molar-refractivity contribution in [3.63, 3.8) is 0 Å². The van der Waals surface area contributed by atoms with E-state index in [1.54, 1.807) is 6.92 Å². The van der Waals surface area contributed by atoms with Crippen molar-refractivity contribution in [3.05, 3.63) is 59.9 Å². The molecule has 3 aromatic rings. The van der Waals surface area contributed by atoms with Crippen molar-refractivity contribution in [1.29, 1.82) is 0 Å². The molecule has 28 heavy (non-hydrogen) atoms. The minimum Gasteiger partial charge on any atom is -0.394 e. The van der Waals surface area contributed by atoms with Crippen LogP contribution in [0.3, 0.4) is 0 Å². The largest absolute Gasteiger partial charge is 0.394 e. The van der Waals surface area contributed by atoms with Gasteiger partial charge in [-0.1, -0.05) is 29.8 Å². The van der Waals surface area contributed by atoms with E-state index >= 15 is 0 Å². The Hall–Kier alpha value is -2.99. The van der Waals surface area contributed by atoms with Crippen LogP contribution in [-0.2, 0) is 0 Å². The highest BCUT2D eigenvalue weighted by molar-refractivity contribution is 5.97. The molecule has 1 heterocycles. The number of nitrogens with zero attached hydrogens (tertiary/aromatic N) is 3. The van der Waals surface area contributed by atoms with E-state index < -0.39 is 0 Å². The van der Waals surface area contributed by atoms with Gasteiger partial charge in [-0.25, -0.2) is 9.67 Å². The van der Waals surface area contributed by atoms with Gasteiger partial charge in [0.15, 0.2) is 5.82 Å². The second-order valence-corrected chi connectivity index (χ2v) is 7.34. The molecule has 6 nitrogen and oxygen atoms in total. The third kappa shape index (κ3) is 4.28. The summed E-state index contributed by atoms with van der Waals surface area (Å²) in [5.74, 6) is 0.487. The first-order valence-electron chi connectivity index (χ1n) is 9.42. The maximum atomic E-state index is 12.7. The van der Waals surface area contributed by atoms with E-state index in [4.69, 9.17) is 0 Å². The van der Waals surface area contributed by atoms with Crippen molar-refractivity contribution >= 4 is 5.91 Å². The zero-order valence-electron chi connectivity index (χ0n) is 16.7. The zero-order valence-corrected chi connectivity index (χ0v) is 16.7. The predicted molar refractivity (Wildman–Crippen MR) is 110 cm³/mol. The molecule has 1 aromatic heterocycles. The Kier molecular flexibility index (Phi) is 5.90. The summed E-state index contributed by atoms with van der Waals surface area (Å²) < 4.78 is 1.84. The molecule has 0 aliphatic rings. The lowest BCUT2D eigenvalue weighted by Gasteiger charge is -2.15. The molecule has 3 rings (SSSR count). The van der Waals surface area contributed by atoms with Gasteiger partial charge in [0.25, 0.3) is 5.91 Å². The fourth-order valence-electron chi connectivity index (χ4n) is 2.99. The van der Waals surface area contributed by atoms with Crippen molar-refractivity contribution in [2.75, 3.05) is 6.61 Å². The van der Waals surface area contributed by atoms with E-state index in [1.165, 1.54) is 11.9 Å². The quantitative estimate of drug-likeness (QED) is 0.687. The van der Waals surface area contributed by atoms with Gasteiger partial charge in [-0.2, -0.15) is 5.10 Å². The Morgan fingerprint density at radius 2 is 1.75 bits per heavy atom. The molecule has 0 radical (unpaired) electrons. The van der Waals surface area contributed by atoms with Gasteiger partial charge in [0.1, 0.15) is 6.33 Å². The molecule has 0 spiro atoms. The first-order valence-corrected chi connectivity index (χ1v) is 9.42. The monoisotopic (exact) mass is 378 g/mol. The number of rotatable bonds is 6. The molecule has 0 unspecified atom stereocenters. The van der Waals surface area contributed by atoms with Crippen LogP contribution in [0.25, 0.3) is 22.5 Å². The maximum absolute atomic E-state index is 12.7. The summed E-state index contributed by atoms with van der Waals surface area (Å²) in [6.45, 7) is 7.77. The standard InChI is InChI=1S/C22H26N4O2/c1-14(2)26-21(23-13-24-26)19-9-18(17-7-5-15(3)6-8-17)10-20(11-19)22(28)25-16(4)12-27/h5-11,13-14,16,27H,12H2,1-4H3,(H,25,28)/t16-/m0/s1. The van der Waals surface area contributed by atoms with E-state index in [0.717, 1.165) is 16.7 Å². The molecule has 0 aliphatic carbocycles. The Morgan fingerprint density at radius 1 is 1.07 bits per heavy atom. The number of nitrogens with one attached hydrogen (secondary N) is 1. The van der Waals surface area contributed by atoms with Gasteiger partial charge >= 0.3 is 0 Å². The van der Waals surface area contributed by atoms with Crippen LogP contribution < -0.4 is 5.32 Å².